The van der Waals surface area contributed by atoms with Gasteiger partial charge >= 0.3 is 0 Å². The van der Waals surface area contributed by atoms with Crippen LogP contribution in [0.15, 0.2) is 18.2 Å². The van der Waals surface area contributed by atoms with Crippen molar-refractivity contribution in [3.63, 3.8) is 0 Å². The largest absolute Gasteiger partial charge is 0.378 e. The number of H-pyrrole nitrogens is 1. The molecule has 2 heterocycles. The molecule has 0 spiro atoms. The van der Waals surface area contributed by atoms with Crippen molar-refractivity contribution >= 4 is 35.0 Å². The van der Waals surface area contributed by atoms with Gasteiger partial charge in [-0.1, -0.05) is 0 Å². The van der Waals surface area contributed by atoms with Crippen LogP contribution in [0.1, 0.15) is 0 Å². The number of carbonyl (C=O) groups excluding carboxylic acids is 1. The smallest absolute Gasteiger partial charge is 0.243 e. The number of anilines is 1. The number of fused-ring (bicyclic) bond motifs is 1. The van der Waals surface area contributed by atoms with Crippen LogP contribution < -0.4 is 10.6 Å². The lowest BCUT2D eigenvalue weighted by atomic mass is 10.2. The Labute approximate surface area is 115 Å². The molecule has 19 heavy (non-hydrogen) atoms. The third-order valence-corrected chi connectivity index (χ3v) is 2.82. The van der Waals surface area contributed by atoms with E-state index in [1.807, 2.05) is 0 Å². The molecule has 1 unspecified atom stereocenters. The molecule has 2 aromatic rings. The van der Waals surface area contributed by atoms with Crippen molar-refractivity contribution in [1.82, 2.24) is 20.7 Å². The molecule has 1 aromatic carbocycles. The monoisotopic (exact) mass is 283 g/mol. The van der Waals surface area contributed by atoms with Crippen LogP contribution in [0.3, 0.4) is 0 Å². The van der Waals surface area contributed by atoms with Crippen LogP contribution in [0.25, 0.3) is 11.0 Å². The van der Waals surface area contributed by atoms with Gasteiger partial charge in [-0.15, -0.1) is 12.4 Å². The number of carbonyl (C=O) groups is 1. The summed E-state index contributed by atoms with van der Waals surface area (Å²) >= 11 is 0. The maximum atomic E-state index is 11.9. The van der Waals surface area contributed by atoms with Crippen LogP contribution in [0.5, 0.6) is 0 Å². The van der Waals surface area contributed by atoms with E-state index < -0.39 is 0 Å². The van der Waals surface area contributed by atoms with E-state index in [0.717, 1.165) is 11.0 Å². The summed E-state index contributed by atoms with van der Waals surface area (Å²) in [5.41, 5.74) is 2.20. The highest BCUT2D eigenvalue weighted by Gasteiger charge is 2.21. The molecule has 3 N–H and O–H groups in total. The second kappa shape index (κ2) is 5.96. The number of aromatic amines is 1. The average Bonchev–Trinajstić information content (AvgIpc) is 2.87. The van der Waals surface area contributed by atoms with Crippen molar-refractivity contribution < 1.29 is 9.53 Å². The molecule has 7 nitrogen and oxygen atoms in total. The second-order valence-corrected chi connectivity index (χ2v) is 4.10. The van der Waals surface area contributed by atoms with Gasteiger partial charge in [-0.25, -0.2) is 0 Å². The molecule has 8 heteroatoms. The molecular formula is C11H14ClN5O2. The van der Waals surface area contributed by atoms with Gasteiger partial charge < -0.3 is 15.4 Å². The molecule has 1 aromatic heterocycles. The van der Waals surface area contributed by atoms with Crippen molar-refractivity contribution in [1.29, 1.82) is 0 Å². The lowest BCUT2D eigenvalue weighted by molar-refractivity contribution is -0.120. The zero-order valence-corrected chi connectivity index (χ0v) is 10.9. The molecule has 1 amide bonds. The van der Waals surface area contributed by atoms with E-state index in [4.69, 9.17) is 4.74 Å². The molecule has 1 aliphatic heterocycles. The maximum absolute atomic E-state index is 11.9. The van der Waals surface area contributed by atoms with Gasteiger partial charge in [0.05, 0.1) is 13.2 Å². The molecule has 1 atom stereocenters. The Balaban J connectivity index is 0.00000133. The van der Waals surface area contributed by atoms with E-state index in [1.54, 1.807) is 18.2 Å². The highest BCUT2D eigenvalue weighted by molar-refractivity contribution is 5.96. The van der Waals surface area contributed by atoms with Gasteiger partial charge in [0.2, 0.25) is 5.91 Å². The number of morpholine rings is 1. The van der Waals surface area contributed by atoms with Crippen molar-refractivity contribution in [3.05, 3.63) is 18.2 Å². The molecule has 1 fully saturated rings. The maximum Gasteiger partial charge on any atom is 0.243 e. The van der Waals surface area contributed by atoms with Crippen molar-refractivity contribution in [3.8, 4) is 0 Å². The van der Waals surface area contributed by atoms with Crippen molar-refractivity contribution in [2.45, 2.75) is 6.04 Å². The zero-order valence-electron chi connectivity index (χ0n) is 10.0. The highest BCUT2D eigenvalue weighted by Crippen LogP contribution is 2.15. The van der Waals surface area contributed by atoms with Gasteiger partial charge in [0.1, 0.15) is 17.1 Å². The molecule has 0 radical (unpaired) electrons. The fraction of sp³-hybridized carbons (Fsp3) is 0.364. The third-order valence-electron chi connectivity index (χ3n) is 2.82. The summed E-state index contributed by atoms with van der Waals surface area (Å²) in [6.45, 7) is 1.74. The second-order valence-electron chi connectivity index (χ2n) is 4.10. The minimum absolute atomic E-state index is 0. The molecule has 102 valence electrons. The first kappa shape index (κ1) is 13.7. The minimum Gasteiger partial charge on any atom is -0.378 e. The number of amides is 1. The Kier molecular flexibility index (Phi) is 4.31. The molecule has 3 rings (SSSR count). The number of rotatable bonds is 2. The van der Waals surface area contributed by atoms with Crippen LogP contribution >= 0.6 is 12.4 Å². The lowest BCUT2D eigenvalue weighted by Gasteiger charge is -2.22. The molecule has 1 aliphatic rings. The van der Waals surface area contributed by atoms with Gasteiger partial charge in [0.25, 0.3) is 0 Å². The molecule has 1 saturated heterocycles. The number of halogens is 1. The number of benzene rings is 1. The summed E-state index contributed by atoms with van der Waals surface area (Å²) in [6, 6.07) is 5.08. The van der Waals surface area contributed by atoms with E-state index in [2.05, 4.69) is 26.0 Å². The number of nitrogens with one attached hydrogen (secondary N) is 3. The summed E-state index contributed by atoms with van der Waals surface area (Å²) in [7, 11) is 0. The van der Waals surface area contributed by atoms with Crippen LogP contribution in [-0.4, -0.2) is 47.1 Å². The molecular weight excluding hydrogens is 270 g/mol. The van der Waals surface area contributed by atoms with E-state index in [0.29, 0.717) is 25.4 Å². The Morgan fingerprint density at radius 3 is 3.00 bits per heavy atom. The summed E-state index contributed by atoms with van der Waals surface area (Å²) in [5.74, 6) is -0.0995. The van der Waals surface area contributed by atoms with Crippen LogP contribution in [0.4, 0.5) is 5.69 Å². The van der Waals surface area contributed by atoms with Gasteiger partial charge in [-0.05, 0) is 18.2 Å². The quantitative estimate of drug-likeness (QED) is 0.738. The third kappa shape index (κ3) is 3.01. The molecule has 0 bridgehead atoms. The standard InChI is InChI=1S/C11H13N5O2.ClH/c17-11(10-6-18-4-3-12-10)13-7-1-2-8-9(5-7)15-16-14-8;/h1-2,5,10,12H,3-4,6H2,(H,13,17)(H,14,15,16);1H. The number of hydrogen-bond donors (Lipinski definition) is 3. The van der Waals surface area contributed by atoms with Crippen molar-refractivity contribution in [2.24, 2.45) is 0 Å². The first-order chi connectivity index (χ1) is 8.83. The topological polar surface area (TPSA) is 91.9 Å². The molecule has 0 saturated carbocycles. The van der Waals surface area contributed by atoms with Gasteiger partial charge in [0, 0.05) is 12.2 Å². The Morgan fingerprint density at radius 2 is 2.21 bits per heavy atom. The normalized spacial score (nSPS) is 18.8. The zero-order chi connectivity index (χ0) is 12.4. The first-order valence-electron chi connectivity index (χ1n) is 5.75. The fourth-order valence-electron chi connectivity index (χ4n) is 1.88. The van der Waals surface area contributed by atoms with Gasteiger partial charge in [0.15, 0.2) is 0 Å². The van der Waals surface area contributed by atoms with Crippen LogP contribution in [0.2, 0.25) is 0 Å². The molecule has 0 aliphatic carbocycles. The van der Waals surface area contributed by atoms with E-state index in [9.17, 15) is 4.79 Å². The predicted octanol–water partition coefficient (Wildman–Crippen LogP) is 0.307. The average molecular weight is 284 g/mol. The Bertz CT molecular complexity index is 567. The van der Waals surface area contributed by atoms with E-state index in [1.165, 1.54) is 0 Å². The lowest BCUT2D eigenvalue weighted by Crippen LogP contribution is -2.48. The summed E-state index contributed by atoms with van der Waals surface area (Å²) in [6.07, 6.45) is 0. The van der Waals surface area contributed by atoms with Gasteiger partial charge in [-0.3, -0.25) is 4.79 Å². The predicted molar refractivity (Wildman–Crippen MR) is 72.4 cm³/mol. The Morgan fingerprint density at radius 1 is 1.37 bits per heavy atom. The Hall–Kier alpha value is -1.70. The van der Waals surface area contributed by atoms with Crippen LogP contribution in [0, 0.1) is 0 Å². The summed E-state index contributed by atoms with van der Waals surface area (Å²) in [5, 5.41) is 16.4. The van der Waals surface area contributed by atoms with E-state index >= 15 is 0 Å². The van der Waals surface area contributed by atoms with Crippen LogP contribution in [-0.2, 0) is 9.53 Å². The van der Waals surface area contributed by atoms with Crippen molar-refractivity contribution in [2.75, 3.05) is 25.1 Å². The number of hydrogen-bond acceptors (Lipinski definition) is 5. The fourth-order valence-corrected chi connectivity index (χ4v) is 1.88. The SMILES string of the molecule is Cl.O=C(Nc1ccc2n[nH]nc2c1)C1COCCN1. The number of ether oxygens (including phenoxy) is 1. The first-order valence-corrected chi connectivity index (χ1v) is 5.75. The highest BCUT2D eigenvalue weighted by atomic mass is 35.5. The summed E-state index contributed by atoms with van der Waals surface area (Å²) < 4.78 is 5.25. The van der Waals surface area contributed by atoms with E-state index in [-0.39, 0.29) is 24.4 Å². The minimum atomic E-state index is -0.299. The number of nitrogens with zero attached hydrogens (tertiary/aromatic N) is 2. The number of aromatic nitrogens is 3. The van der Waals surface area contributed by atoms with Gasteiger partial charge in [-0.2, -0.15) is 15.4 Å². The summed E-state index contributed by atoms with van der Waals surface area (Å²) in [4.78, 5) is 11.9.